The number of H-pyrrole nitrogens is 1. The third-order valence-electron chi connectivity index (χ3n) is 4.63. The average Bonchev–Trinajstić information content (AvgIpc) is 2.73. The molecule has 162 valence electrons. The van der Waals surface area contributed by atoms with Gasteiger partial charge in [0.1, 0.15) is 5.56 Å². The number of hydrogen-bond acceptors (Lipinski definition) is 4. The average molecular weight is 428 g/mol. The number of pyridine rings is 1. The molecule has 1 amide bonds. The van der Waals surface area contributed by atoms with Crippen LogP contribution in [0.4, 0.5) is 8.78 Å². The van der Waals surface area contributed by atoms with Crippen molar-refractivity contribution in [3.05, 3.63) is 81.6 Å². The number of halogens is 2. The van der Waals surface area contributed by atoms with Gasteiger partial charge in [0.2, 0.25) is 0 Å². The summed E-state index contributed by atoms with van der Waals surface area (Å²) >= 11 is 0. The Morgan fingerprint density at radius 2 is 1.90 bits per heavy atom. The molecular formula is C23H22F2N2O4. The van der Waals surface area contributed by atoms with Gasteiger partial charge < -0.3 is 19.8 Å². The van der Waals surface area contributed by atoms with E-state index in [1.807, 2.05) is 31.2 Å². The van der Waals surface area contributed by atoms with E-state index in [0.29, 0.717) is 17.7 Å². The van der Waals surface area contributed by atoms with Crippen LogP contribution in [0.2, 0.25) is 0 Å². The van der Waals surface area contributed by atoms with Crippen LogP contribution in [0.25, 0.3) is 11.3 Å². The van der Waals surface area contributed by atoms with Gasteiger partial charge in [-0.3, -0.25) is 9.59 Å². The highest BCUT2D eigenvalue weighted by atomic mass is 19.3. The maximum Gasteiger partial charge on any atom is 0.387 e. The Bertz CT molecular complexity index is 1130. The van der Waals surface area contributed by atoms with Crippen LogP contribution >= 0.6 is 0 Å². The highest BCUT2D eigenvalue weighted by Crippen LogP contribution is 2.29. The first-order valence-corrected chi connectivity index (χ1v) is 9.57. The van der Waals surface area contributed by atoms with Gasteiger partial charge in [-0.25, -0.2) is 0 Å². The van der Waals surface area contributed by atoms with Gasteiger partial charge in [-0.15, -0.1) is 0 Å². The molecule has 0 aliphatic heterocycles. The number of carbonyl (C=O) groups excluding carboxylic acids is 1. The van der Waals surface area contributed by atoms with E-state index in [1.54, 1.807) is 12.1 Å². The summed E-state index contributed by atoms with van der Waals surface area (Å²) in [4.78, 5) is 27.5. The smallest absolute Gasteiger partial charge is 0.387 e. The number of rotatable bonds is 8. The van der Waals surface area contributed by atoms with Gasteiger partial charge >= 0.3 is 6.61 Å². The number of nitrogens with one attached hydrogen (secondary N) is 2. The van der Waals surface area contributed by atoms with Crippen LogP contribution in [0.3, 0.4) is 0 Å². The topological polar surface area (TPSA) is 80.4 Å². The van der Waals surface area contributed by atoms with Crippen molar-refractivity contribution in [2.45, 2.75) is 20.0 Å². The number of methoxy groups -OCH3 is 1. The minimum Gasteiger partial charge on any atom is -0.493 e. The Labute approximate surface area is 177 Å². The van der Waals surface area contributed by atoms with Gasteiger partial charge in [0.15, 0.2) is 11.5 Å². The molecule has 0 bridgehead atoms. The second kappa shape index (κ2) is 9.88. The van der Waals surface area contributed by atoms with E-state index in [4.69, 9.17) is 4.74 Å². The summed E-state index contributed by atoms with van der Waals surface area (Å²) in [5, 5.41) is 2.67. The standard InChI is InChI=1S/C23H22F2N2O4/c1-14-4-3-5-16(12-14)18-8-7-17(22(29)27-18)21(28)26-11-10-15-6-9-19(30-2)20(13-15)31-23(24)25/h3-9,12-13,23H,10-11H2,1-2H3,(H,26,28)(H,27,29). The maximum absolute atomic E-state index is 12.5. The van der Waals surface area contributed by atoms with Gasteiger partial charge in [0, 0.05) is 12.2 Å². The van der Waals surface area contributed by atoms with E-state index < -0.39 is 18.1 Å². The SMILES string of the molecule is COc1ccc(CCNC(=O)c2ccc(-c3cccc(C)c3)[nH]c2=O)cc1OC(F)F. The third-order valence-corrected chi connectivity index (χ3v) is 4.63. The second-order valence-corrected chi connectivity index (χ2v) is 6.85. The van der Waals surface area contributed by atoms with E-state index in [0.717, 1.165) is 11.1 Å². The Hall–Kier alpha value is -3.68. The molecule has 0 spiro atoms. The van der Waals surface area contributed by atoms with Gasteiger partial charge in [-0.05, 0) is 54.8 Å². The minimum absolute atomic E-state index is 0.00661. The number of aryl methyl sites for hydroxylation is 1. The number of hydrogen-bond donors (Lipinski definition) is 2. The fourth-order valence-corrected chi connectivity index (χ4v) is 3.11. The number of aromatic nitrogens is 1. The van der Waals surface area contributed by atoms with E-state index in [2.05, 4.69) is 15.0 Å². The Balaban J connectivity index is 1.64. The van der Waals surface area contributed by atoms with Crippen molar-refractivity contribution in [1.82, 2.24) is 10.3 Å². The van der Waals surface area contributed by atoms with Crippen molar-refractivity contribution in [2.75, 3.05) is 13.7 Å². The molecule has 0 fully saturated rings. The summed E-state index contributed by atoms with van der Waals surface area (Å²) < 4.78 is 34.5. The van der Waals surface area contributed by atoms with Crippen LogP contribution in [0.15, 0.2) is 59.4 Å². The van der Waals surface area contributed by atoms with Crippen LogP contribution < -0.4 is 20.3 Å². The number of aromatic amines is 1. The fraction of sp³-hybridized carbons (Fsp3) is 0.217. The number of carbonyl (C=O) groups is 1. The first-order valence-electron chi connectivity index (χ1n) is 9.57. The van der Waals surface area contributed by atoms with Gasteiger partial charge in [0.05, 0.1) is 7.11 Å². The minimum atomic E-state index is -2.97. The molecule has 0 saturated carbocycles. The molecule has 3 rings (SSSR count). The van der Waals surface area contributed by atoms with E-state index in [-0.39, 0.29) is 23.6 Å². The first kappa shape index (κ1) is 22.0. The molecule has 2 N–H and O–H groups in total. The van der Waals surface area contributed by atoms with E-state index in [1.165, 1.54) is 25.3 Å². The molecule has 1 heterocycles. The molecule has 0 atom stereocenters. The van der Waals surface area contributed by atoms with Gasteiger partial charge in [0.25, 0.3) is 11.5 Å². The lowest BCUT2D eigenvalue weighted by molar-refractivity contribution is -0.0512. The van der Waals surface area contributed by atoms with Crippen molar-refractivity contribution in [3.8, 4) is 22.8 Å². The van der Waals surface area contributed by atoms with E-state index >= 15 is 0 Å². The zero-order chi connectivity index (χ0) is 22.4. The summed E-state index contributed by atoms with van der Waals surface area (Å²) in [5.41, 5.74) is 2.70. The molecule has 3 aromatic rings. The highest BCUT2D eigenvalue weighted by Gasteiger charge is 2.13. The number of benzene rings is 2. The molecule has 31 heavy (non-hydrogen) atoms. The molecule has 0 radical (unpaired) electrons. The quantitative estimate of drug-likeness (QED) is 0.570. The maximum atomic E-state index is 12.5. The largest absolute Gasteiger partial charge is 0.493 e. The van der Waals surface area contributed by atoms with Crippen LogP contribution in [-0.2, 0) is 6.42 Å². The van der Waals surface area contributed by atoms with Crippen molar-refractivity contribution in [2.24, 2.45) is 0 Å². The lowest BCUT2D eigenvalue weighted by Gasteiger charge is -2.12. The van der Waals surface area contributed by atoms with Crippen molar-refractivity contribution in [1.29, 1.82) is 0 Å². The third kappa shape index (κ3) is 5.69. The van der Waals surface area contributed by atoms with Crippen molar-refractivity contribution >= 4 is 5.91 Å². The fourth-order valence-electron chi connectivity index (χ4n) is 3.11. The van der Waals surface area contributed by atoms with Gasteiger partial charge in [-0.1, -0.05) is 29.8 Å². The Kier molecular flexibility index (Phi) is 7.02. The lowest BCUT2D eigenvalue weighted by atomic mass is 10.1. The van der Waals surface area contributed by atoms with Crippen molar-refractivity contribution < 1.29 is 23.0 Å². The zero-order valence-corrected chi connectivity index (χ0v) is 17.1. The molecule has 0 unspecified atom stereocenters. The molecule has 0 saturated heterocycles. The van der Waals surface area contributed by atoms with Crippen LogP contribution in [0, 0.1) is 6.92 Å². The molecular weight excluding hydrogens is 406 g/mol. The summed E-state index contributed by atoms with van der Waals surface area (Å²) in [7, 11) is 1.36. The lowest BCUT2D eigenvalue weighted by Crippen LogP contribution is -2.31. The Morgan fingerprint density at radius 3 is 2.58 bits per heavy atom. The number of ether oxygens (including phenoxy) is 2. The predicted octanol–water partition coefficient (Wildman–Crippen LogP) is 3.93. The van der Waals surface area contributed by atoms with E-state index in [9.17, 15) is 18.4 Å². The number of alkyl halides is 2. The predicted molar refractivity (Wildman–Crippen MR) is 113 cm³/mol. The summed E-state index contributed by atoms with van der Waals surface area (Å²) in [6.45, 7) is -0.814. The van der Waals surface area contributed by atoms with Crippen LogP contribution in [-0.4, -0.2) is 31.2 Å². The molecule has 0 aliphatic rings. The van der Waals surface area contributed by atoms with Crippen LogP contribution in [0.1, 0.15) is 21.5 Å². The summed E-state index contributed by atoms with van der Waals surface area (Å²) in [6, 6.07) is 15.5. The highest BCUT2D eigenvalue weighted by molar-refractivity contribution is 5.94. The normalized spacial score (nSPS) is 10.7. The zero-order valence-electron chi connectivity index (χ0n) is 17.1. The second-order valence-electron chi connectivity index (χ2n) is 6.85. The van der Waals surface area contributed by atoms with Crippen LogP contribution in [0.5, 0.6) is 11.5 Å². The summed E-state index contributed by atoms with van der Waals surface area (Å²) in [6.07, 6.45) is 0.356. The van der Waals surface area contributed by atoms with Crippen molar-refractivity contribution in [3.63, 3.8) is 0 Å². The van der Waals surface area contributed by atoms with Gasteiger partial charge in [-0.2, -0.15) is 8.78 Å². The number of amides is 1. The molecule has 6 nitrogen and oxygen atoms in total. The molecule has 1 aromatic heterocycles. The molecule has 8 heteroatoms. The molecule has 0 aliphatic carbocycles. The monoisotopic (exact) mass is 428 g/mol. The Morgan fingerprint density at radius 1 is 1.10 bits per heavy atom. The summed E-state index contributed by atoms with van der Waals surface area (Å²) in [5.74, 6) is -0.410. The first-order chi connectivity index (χ1) is 14.9. The molecule has 2 aromatic carbocycles.